The lowest BCUT2D eigenvalue weighted by atomic mass is 10.2. The Hall–Kier alpha value is -2.70. The number of hydrogen-bond donors (Lipinski definition) is 1. The minimum Gasteiger partial charge on any atom is -0.382 e. The van der Waals surface area contributed by atoms with Gasteiger partial charge in [-0.1, -0.05) is 41.4 Å². The van der Waals surface area contributed by atoms with Crippen LogP contribution in [0, 0.1) is 5.82 Å². The van der Waals surface area contributed by atoms with Gasteiger partial charge in [-0.15, -0.1) is 0 Å². The fourth-order valence-electron chi connectivity index (χ4n) is 2.68. The Morgan fingerprint density at radius 1 is 1.04 bits per heavy atom. The van der Waals surface area contributed by atoms with E-state index >= 15 is 0 Å². The van der Waals surface area contributed by atoms with Gasteiger partial charge in [0.25, 0.3) is 0 Å². The van der Waals surface area contributed by atoms with Crippen molar-refractivity contribution in [3.63, 3.8) is 0 Å². The van der Waals surface area contributed by atoms with Gasteiger partial charge in [0.15, 0.2) is 23.2 Å². The predicted octanol–water partition coefficient (Wildman–Crippen LogP) is 4.52. The lowest BCUT2D eigenvalue weighted by molar-refractivity contribution is 0.628. The quantitative estimate of drug-likeness (QED) is 0.560. The van der Waals surface area contributed by atoms with Crippen LogP contribution in [0.3, 0.4) is 0 Å². The highest BCUT2D eigenvalue weighted by Gasteiger charge is 2.20. The molecule has 0 amide bonds. The number of fused-ring (bicyclic) bond motifs is 1. The molecule has 4 rings (SSSR count). The van der Waals surface area contributed by atoms with Gasteiger partial charge in [0, 0.05) is 21.2 Å². The van der Waals surface area contributed by atoms with Crippen molar-refractivity contribution >= 4 is 29.0 Å². The Labute approximate surface area is 158 Å². The van der Waals surface area contributed by atoms with Gasteiger partial charge in [-0.3, -0.25) is 0 Å². The molecule has 2 N–H and O–H groups in total. The lowest BCUT2D eigenvalue weighted by Crippen LogP contribution is -2.09. The Morgan fingerprint density at radius 3 is 2.50 bits per heavy atom. The second-order valence-electron chi connectivity index (χ2n) is 5.69. The summed E-state index contributed by atoms with van der Waals surface area (Å²) in [4.78, 5) is 13.1. The summed E-state index contributed by atoms with van der Waals surface area (Å²) >= 11 is 12.5. The van der Waals surface area contributed by atoms with Crippen molar-refractivity contribution in [2.45, 2.75) is 6.54 Å². The van der Waals surface area contributed by atoms with Crippen LogP contribution in [0.1, 0.15) is 5.56 Å². The summed E-state index contributed by atoms with van der Waals surface area (Å²) in [6.45, 7) is 0.351. The van der Waals surface area contributed by atoms with Crippen molar-refractivity contribution in [2.75, 3.05) is 5.73 Å². The summed E-state index contributed by atoms with van der Waals surface area (Å²) in [6, 6.07) is 11.4. The van der Waals surface area contributed by atoms with Gasteiger partial charge < -0.3 is 10.3 Å². The zero-order valence-electron chi connectivity index (χ0n) is 13.3. The minimum absolute atomic E-state index is 0.247. The number of rotatable bonds is 3. The number of halogens is 3. The molecule has 0 atom stereocenters. The molecule has 0 radical (unpaired) electrons. The van der Waals surface area contributed by atoms with E-state index in [2.05, 4.69) is 15.0 Å². The summed E-state index contributed by atoms with van der Waals surface area (Å²) in [6.07, 6.45) is 1.56. The molecule has 2 aromatic carbocycles. The van der Waals surface area contributed by atoms with Crippen molar-refractivity contribution in [1.29, 1.82) is 0 Å². The van der Waals surface area contributed by atoms with Crippen LogP contribution in [-0.4, -0.2) is 19.5 Å². The Kier molecular flexibility index (Phi) is 4.22. The predicted molar refractivity (Wildman–Crippen MR) is 99.8 cm³/mol. The number of benzene rings is 2. The molecule has 0 aromatic heterocycles. The average Bonchev–Trinajstić information content (AvgIpc) is 3.07. The smallest absolute Gasteiger partial charge is 0.166 e. The van der Waals surface area contributed by atoms with Gasteiger partial charge in [-0.25, -0.2) is 19.3 Å². The first kappa shape index (κ1) is 16.8. The normalized spacial score (nSPS) is 11.2. The van der Waals surface area contributed by atoms with Gasteiger partial charge in [0.05, 0.1) is 12.9 Å². The highest BCUT2D eigenvalue weighted by Crippen LogP contribution is 2.31. The molecule has 5 nitrogen and oxygen atoms in total. The van der Waals surface area contributed by atoms with Crippen LogP contribution < -0.4 is 5.73 Å². The molecule has 0 unspecified atom stereocenters. The number of nitrogens with two attached hydrogens (primary N) is 1. The van der Waals surface area contributed by atoms with Crippen molar-refractivity contribution in [2.24, 2.45) is 0 Å². The van der Waals surface area contributed by atoms with Crippen molar-refractivity contribution in [1.82, 2.24) is 19.5 Å². The standard InChI is InChI=1S/C18H12Cl2FN5/c19-13-5-2-6-14(20)12(13)8-26-9-23-16(22)15-18(26)25-17(24-15)10-3-1-4-11(21)7-10/h1-7,9H,8,22H2. The Bertz CT molecular complexity index is 1060. The zero-order valence-corrected chi connectivity index (χ0v) is 14.8. The molecule has 0 aliphatic carbocycles. The first-order chi connectivity index (χ1) is 12.5. The number of imidazole rings is 1. The third-order valence-corrected chi connectivity index (χ3v) is 4.67. The first-order valence-corrected chi connectivity index (χ1v) is 8.45. The third-order valence-electron chi connectivity index (χ3n) is 3.97. The minimum atomic E-state index is -0.363. The highest BCUT2D eigenvalue weighted by molar-refractivity contribution is 6.35. The molecule has 8 heteroatoms. The zero-order chi connectivity index (χ0) is 18.3. The van der Waals surface area contributed by atoms with E-state index in [-0.39, 0.29) is 11.6 Å². The van der Waals surface area contributed by atoms with E-state index in [0.717, 1.165) is 5.56 Å². The molecule has 0 spiro atoms. The highest BCUT2D eigenvalue weighted by atomic mass is 35.5. The molecule has 130 valence electrons. The van der Waals surface area contributed by atoms with Crippen LogP contribution >= 0.6 is 23.2 Å². The molecular weight excluding hydrogens is 376 g/mol. The number of aromatic nitrogens is 4. The summed E-state index contributed by atoms with van der Waals surface area (Å²) in [5.74, 6) is 0.779. The van der Waals surface area contributed by atoms with Crippen molar-refractivity contribution < 1.29 is 4.39 Å². The van der Waals surface area contributed by atoms with Crippen molar-refractivity contribution in [3.8, 4) is 22.9 Å². The summed E-state index contributed by atoms with van der Waals surface area (Å²) < 4.78 is 15.3. The molecule has 0 saturated heterocycles. The Balaban J connectivity index is 1.83. The maximum atomic E-state index is 13.5. The third kappa shape index (κ3) is 2.98. The van der Waals surface area contributed by atoms with E-state index in [1.54, 1.807) is 41.2 Å². The largest absolute Gasteiger partial charge is 0.382 e. The van der Waals surface area contributed by atoms with Gasteiger partial charge in [0.1, 0.15) is 5.82 Å². The average molecular weight is 388 g/mol. The summed E-state index contributed by atoms with van der Waals surface area (Å²) in [7, 11) is 0. The van der Waals surface area contributed by atoms with E-state index in [4.69, 9.17) is 28.9 Å². The molecule has 0 saturated carbocycles. The van der Waals surface area contributed by atoms with Gasteiger partial charge in [-0.05, 0) is 24.3 Å². The molecule has 0 fully saturated rings. The maximum Gasteiger partial charge on any atom is 0.166 e. The molecule has 26 heavy (non-hydrogen) atoms. The van der Waals surface area contributed by atoms with E-state index in [9.17, 15) is 4.39 Å². The van der Waals surface area contributed by atoms with E-state index in [1.807, 2.05) is 0 Å². The number of nitrogen functional groups attached to an aromatic ring is 1. The van der Waals surface area contributed by atoms with Crippen molar-refractivity contribution in [3.05, 3.63) is 70.2 Å². The van der Waals surface area contributed by atoms with Crippen LogP contribution in [0.4, 0.5) is 10.2 Å². The SMILES string of the molecule is Nc1ncn(Cc2c(Cl)cccc2Cl)c2nc(-c3cccc(F)c3)nc1-2. The maximum absolute atomic E-state index is 13.5. The Morgan fingerprint density at radius 2 is 1.77 bits per heavy atom. The molecule has 2 aromatic rings. The second kappa shape index (κ2) is 6.55. The number of nitrogens with zero attached hydrogens (tertiary/aromatic N) is 4. The molecule has 0 bridgehead atoms. The van der Waals surface area contributed by atoms with Gasteiger partial charge in [0.2, 0.25) is 0 Å². The fraction of sp³-hybridized carbons (Fsp3) is 0.0556. The van der Waals surface area contributed by atoms with Gasteiger partial charge >= 0.3 is 0 Å². The molecule has 2 heterocycles. The van der Waals surface area contributed by atoms with Gasteiger partial charge in [-0.2, -0.15) is 0 Å². The lowest BCUT2D eigenvalue weighted by Gasteiger charge is -2.13. The van der Waals surface area contributed by atoms with Crippen LogP contribution in [0.25, 0.3) is 22.9 Å². The fourth-order valence-corrected chi connectivity index (χ4v) is 3.20. The van der Waals surface area contributed by atoms with Crippen LogP contribution in [0.5, 0.6) is 0 Å². The molecule has 2 aliphatic heterocycles. The van der Waals surface area contributed by atoms with E-state index < -0.39 is 0 Å². The monoisotopic (exact) mass is 387 g/mol. The molecular formula is C18H12Cl2FN5. The summed E-state index contributed by atoms with van der Waals surface area (Å²) in [5.41, 5.74) is 7.68. The topological polar surface area (TPSA) is 69.6 Å². The second-order valence-corrected chi connectivity index (χ2v) is 6.50. The first-order valence-electron chi connectivity index (χ1n) is 7.70. The van der Waals surface area contributed by atoms with E-state index in [1.165, 1.54) is 12.1 Å². The van der Waals surface area contributed by atoms with E-state index in [0.29, 0.717) is 39.5 Å². The molecule has 2 aliphatic rings. The summed E-state index contributed by atoms with van der Waals surface area (Å²) in [5, 5.41) is 1.08. The van der Waals surface area contributed by atoms with Crippen LogP contribution in [0.15, 0.2) is 48.8 Å². The number of anilines is 1. The number of hydrogen-bond acceptors (Lipinski definition) is 4. The van der Waals surface area contributed by atoms with Crippen LogP contribution in [-0.2, 0) is 6.54 Å². The van der Waals surface area contributed by atoms with Crippen LogP contribution in [0.2, 0.25) is 10.0 Å².